The maximum absolute atomic E-state index is 13.1. The summed E-state index contributed by atoms with van der Waals surface area (Å²) >= 11 is 6.10. The maximum Gasteiger partial charge on any atom is 0.268 e. The van der Waals surface area contributed by atoms with Gasteiger partial charge in [0, 0.05) is 17.1 Å². The fourth-order valence-electron chi connectivity index (χ4n) is 3.38. The fraction of sp³-hybridized carbons (Fsp3) is 0.273. The van der Waals surface area contributed by atoms with Crippen LogP contribution in [0.3, 0.4) is 0 Å². The highest BCUT2D eigenvalue weighted by molar-refractivity contribution is 7.99. The van der Waals surface area contributed by atoms with E-state index in [0.29, 0.717) is 27.1 Å². The zero-order valence-corrected chi connectivity index (χ0v) is 18.8. The number of nitrogens with one attached hydrogen (secondary N) is 1. The molecule has 2 aromatic carbocycles. The first kappa shape index (κ1) is 22.8. The Morgan fingerprint density at radius 3 is 2.42 bits per heavy atom. The molecule has 31 heavy (non-hydrogen) atoms. The van der Waals surface area contributed by atoms with E-state index in [-0.39, 0.29) is 23.4 Å². The van der Waals surface area contributed by atoms with Crippen molar-refractivity contribution in [3.05, 3.63) is 70.3 Å². The molecule has 0 radical (unpaired) electrons. The van der Waals surface area contributed by atoms with E-state index in [9.17, 15) is 18.0 Å². The molecule has 0 atom stereocenters. The van der Waals surface area contributed by atoms with E-state index in [4.69, 9.17) is 16.3 Å². The van der Waals surface area contributed by atoms with Gasteiger partial charge in [-0.2, -0.15) is 0 Å². The zero-order valence-electron chi connectivity index (χ0n) is 17.2. The first-order chi connectivity index (χ1) is 14.8. The van der Waals surface area contributed by atoms with Crippen molar-refractivity contribution in [2.24, 2.45) is 0 Å². The molecule has 2 aromatic rings. The smallest absolute Gasteiger partial charge is 0.268 e. The van der Waals surface area contributed by atoms with Crippen LogP contribution in [0.15, 0.2) is 54.1 Å². The van der Waals surface area contributed by atoms with Crippen LogP contribution in [0.4, 0.5) is 0 Å². The highest BCUT2D eigenvalue weighted by atomic mass is 35.5. The van der Waals surface area contributed by atoms with Crippen molar-refractivity contribution in [3.63, 3.8) is 0 Å². The molecular formula is C22H23ClN2O5S. The van der Waals surface area contributed by atoms with Gasteiger partial charge in [-0.15, -0.1) is 0 Å². The molecule has 1 N–H and O–H groups in total. The summed E-state index contributed by atoms with van der Waals surface area (Å²) in [6, 6.07) is 13.7. The van der Waals surface area contributed by atoms with Crippen LogP contribution in [0.25, 0.3) is 4.91 Å². The van der Waals surface area contributed by atoms with E-state index in [1.165, 1.54) is 7.11 Å². The van der Waals surface area contributed by atoms with Crippen LogP contribution >= 0.6 is 11.6 Å². The van der Waals surface area contributed by atoms with E-state index in [1.54, 1.807) is 37.3 Å². The number of hydrogen-bond donors (Lipinski definition) is 1. The molecule has 3 rings (SSSR count). The molecule has 0 aromatic heterocycles. The average Bonchev–Trinajstić information content (AvgIpc) is 2.94. The van der Waals surface area contributed by atoms with Crippen molar-refractivity contribution in [1.82, 2.24) is 9.62 Å². The molecule has 7 nitrogen and oxygen atoms in total. The van der Waals surface area contributed by atoms with E-state index in [2.05, 4.69) is 5.32 Å². The largest absolute Gasteiger partial charge is 0.497 e. The lowest BCUT2D eigenvalue weighted by molar-refractivity contribution is -0.128. The third-order valence-corrected chi connectivity index (χ3v) is 7.22. The van der Waals surface area contributed by atoms with Crippen LogP contribution in [0.1, 0.15) is 24.5 Å². The van der Waals surface area contributed by atoms with Gasteiger partial charge in [0.25, 0.3) is 15.9 Å². The van der Waals surface area contributed by atoms with Gasteiger partial charge in [-0.3, -0.25) is 9.59 Å². The third-order valence-electron chi connectivity index (χ3n) is 4.97. The minimum atomic E-state index is -4.15. The standard InChI is InChI=1S/C22H23ClN2O5S/c1-3-18-21(16-8-10-17(30-2)11-9-16)31(28,29)25(22(18)27)14-20(26)24-13-12-15-6-4-5-7-19(15)23/h4-11H,3,12-14H2,1-2H3,(H,24,26). The van der Waals surface area contributed by atoms with Gasteiger partial charge < -0.3 is 10.1 Å². The zero-order chi connectivity index (χ0) is 22.6. The molecule has 2 amide bonds. The minimum Gasteiger partial charge on any atom is -0.497 e. The van der Waals surface area contributed by atoms with E-state index in [0.717, 1.165) is 5.56 Å². The van der Waals surface area contributed by atoms with Crippen molar-refractivity contribution in [1.29, 1.82) is 0 Å². The molecule has 1 aliphatic heterocycles. The number of halogens is 1. The van der Waals surface area contributed by atoms with E-state index < -0.39 is 28.4 Å². The lowest BCUT2D eigenvalue weighted by atomic mass is 10.1. The van der Waals surface area contributed by atoms with Crippen molar-refractivity contribution in [2.75, 3.05) is 20.2 Å². The van der Waals surface area contributed by atoms with Crippen LogP contribution in [-0.2, 0) is 26.0 Å². The predicted octanol–water partition coefficient (Wildman–Crippen LogP) is 3.00. The van der Waals surface area contributed by atoms with Gasteiger partial charge >= 0.3 is 0 Å². The van der Waals surface area contributed by atoms with Gasteiger partial charge in [0.05, 0.1) is 7.11 Å². The Hall–Kier alpha value is -2.84. The van der Waals surface area contributed by atoms with Gasteiger partial charge in [0.1, 0.15) is 17.2 Å². The number of nitrogens with zero attached hydrogens (tertiary/aromatic N) is 1. The summed E-state index contributed by atoms with van der Waals surface area (Å²) in [7, 11) is -2.64. The van der Waals surface area contributed by atoms with Gasteiger partial charge in [0.2, 0.25) is 5.91 Å². The van der Waals surface area contributed by atoms with Gasteiger partial charge in [-0.25, -0.2) is 12.7 Å². The van der Waals surface area contributed by atoms with Gasteiger partial charge in [0.15, 0.2) is 0 Å². The molecule has 0 unspecified atom stereocenters. The first-order valence-corrected chi connectivity index (χ1v) is 11.6. The Balaban J connectivity index is 1.73. The number of carbonyl (C=O) groups is 2. The minimum absolute atomic E-state index is 0.0634. The summed E-state index contributed by atoms with van der Waals surface area (Å²) in [5, 5.41) is 3.25. The number of benzene rings is 2. The second-order valence-electron chi connectivity index (χ2n) is 6.90. The fourth-order valence-corrected chi connectivity index (χ4v) is 5.42. The molecule has 0 saturated heterocycles. The number of methoxy groups -OCH3 is 1. The number of rotatable bonds is 8. The third kappa shape index (κ3) is 4.75. The molecule has 164 valence electrons. The van der Waals surface area contributed by atoms with Crippen molar-refractivity contribution < 1.29 is 22.7 Å². The topological polar surface area (TPSA) is 92.8 Å². The molecule has 0 spiro atoms. The Bertz CT molecular complexity index is 1130. The molecular weight excluding hydrogens is 440 g/mol. The lowest BCUT2D eigenvalue weighted by Gasteiger charge is -2.16. The Morgan fingerprint density at radius 1 is 1.13 bits per heavy atom. The Morgan fingerprint density at radius 2 is 1.81 bits per heavy atom. The first-order valence-electron chi connectivity index (χ1n) is 9.74. The predicted molar refractivity (Wildman–Crippen MR) is 119 cm³/mol. The normalized spacial score (nSPS) is 15.3. The van der Waals surface area contributed by atoms with E-state index in [1.807, 2.05) is 18.2 Å². The highest BCUT2D eigenvalue weighted by Gasteiger charge is 2.44. The summed E-state index contributed by atoms with van der Waals surface area (Å²) < 4.78 is 32.0. The second kappa shape index (κ2) is 9.53. The van der Waals surface area contributed by atoms with Crippen molar-refractivity contribution in [3.8, 4) is 5.75 Å². The SMILES string of the molecule is CCC1=C(c2ccc(OC)cc2)S(=O)(=O)N(CC(=O)NCCc2ccccc2Cl)C1=O. The quantitative estimate of drug-likeness (QED) is 0.651. The van der Waals surface area contributed by atoms with Crippen LogP contribution in [0, 0.1) is 0 Å². The van der Waals surface area contributed by atoms with Crippen molar-refractivity contribution in [2.45, 2.75) is 19.8 Å². The Labute approximate surface area is 186 Å². The molecule has 1 heterocycles. The van der Waals surface area contributed by atoms with Crippen LogP contribution in [0.5, 0.6) is 5.75 Å². The Kier molecular flexibility index (Phi) is 7.02. The van der Waals surface area contributed by atoms with Gasteiger partial charge in [-0.1, -0.05) is 36.7 Å². The maximum atomic E-state index is 13.1. The number of amides is 2. The van der Waals surface area contributed by atoms with Crippen LogP contribution < -0.4 is 10.1 Å². The van der Waals surface area contributed by atoms with Gasteiger partial charge in [-0.05, 0) is 54.3 Å². The number of carbonyl (C=O) groups excluding carboxylic acids is 2. The lowest BCUT2D eigenvalue weighted by Crippen LogP contribution is -2.41. The average molecular weight is 463 g/mol. The molecule has 0 aliphatic carbocycles. The summed E-state index contributed by atoms with van der Waals surface area (Å²) in [6.07, 6.45) is 0.714. The summed E-state index contributed by atoms with van der Waals surface area (Å²) in [6.45, 7) is 1.40. The van der Waals surface area contributed by atoms with Crippen LogP contribution in [-0.4, -0.2) is 44.7 Å². The van der Waals surface area contributed by atoms with Crippen LogP contribution in [0.2, 0.25) is 5.02 Å². The summed E-state index contributed by atoms with van der Waals surface area (Å²) in [5.41, 5.74) is 1.41. The summed E-state index contributed by atoms with van der Waals surface area (Å²) in [5.74, 6) is -0.663. The monoisotopic (exact) mass is 462 g/mol. The number of ether oxygens (including phenoxy) is 1. The van der Waals surface area contributed by atoms with Crippen molar-refractivity contribution >= 4 is 38.3 Å². The molecule has 9 heteroatoms. The second-order valence-corrected chi connectivity index (χ2v) is 9.10. The molecule has 1 aliphatic rings. The number of sulfonamides is 1. The van der Waals surface area contributed by atoms with E-state index >= 15 is 0 Å². The number of hydrogen-bond acceptors (Lipinski definition) is 5. The summed E-state index contributed by atoms with van der Waals surface area (Å²) in [4.78, 5) is 25.1. The molecule has 0 bridgehead atoms. The molecule has 0 fully saturated rings. The highest BCUT2D eigenvalue weighted by Crippen LogP contribution is 2.37. The molecule has 0 saturated carbocycles.